The van der Waals surface area contributed by atoms with E-state index in [4.69, 9.17) is 21.1 Å². The molecule has 0 radical (unpaired) electrons. The van der Waals surface area contributed by atoms with Gasteiger partial charge >= 0.3 is 0 Å². The van der Waals surface area contributed by atoms with Gasteiger partial charge in [0.15, 0.2) is 5.69 Å². The second-order valence-corrected chi connectivity index (χ2v) is 7.76. The van der Waals surface area contributed by atoms with Crippen LogP contribution in [0.4, 0.5) is 5.69 Å². The van der Waals surface area contributed by atoms with Crippen molar-refractivity contribution in [3.05, 3.63) is 101 Å². The van der Waals surface area contributed by atoms with Crippen molar-refractivity contribution >= 4 is 23.2 Å². The van der Waals surface area contributed by atoms with Gasteiger partial charge in [0, 0.05) is 28.8 Å². The predicted molar refractivity (Wildman–Crippen MR) is 126 cm³/mol. The van der Waals surface area contributed by atoms with Gasteiger partial charge in [0.05, 0.1) is 11.4 Å². The third kappa shape index (κ3) is 4.40. The van der Waals surface area contributed by atoms with Crippen molar-refractivity contribution in [3.63, 3.8) is 0 Å². The SMILES string of the molecule is Cc1nnc(-c2cc(-c3ccc(Cl)cc3)n(-c3ccc(NC(=O)c4ccccc4)cc3)n2)o1. The molecular weight excluding hydrogens is 438 g/mol. The van der Waals surface area contributed by atoms with Crippen LogP contribution in [0.3, 0.4) is 0 Å². The fourth-order valence-electron chi connectivity index (χ4n) is 3.39. The zero-order valence-corrected chi connectivity index (χ0v) is 18.3. The molecule has 162 valence electrons. The number of hydrogen-bond donors (Lipinski definition) is 1. The summed E-state index contributed by atoms with van der Waals surface area (Å²) in [6.07, 6.45) is 0. The maximum atomic E-state index is 12.4. The Bertz CT molecular complexity index is 1410. The van der Waals surface area contributed by atoms with Crippen molar-refractivity contribution in [2.24, 2.45) is 0 Å². The Kier molecular flexibility index (Phi) is 5.46. The molecule has 1 amide bonds. The topological polar surface area (TPSA) is 85.8 Å². The van der Waals surface area contributed by atoms with Crippen LogP contribution in [0.5, 0.6) is 0 Å². The molecule has 0 saturated carbocycles. The van der Waals surface area contributed by atoms with Gasteiger partial charge in [-0.2, -0.15) is 5.10 Å². The molecule has 8 heteroatoms. The molecule has 0 spiro atoms. The largest absolute Gasteiger partial charge is 0.420 e. The first-order valence-electron chi connectivity index (χ1n) is 10.2. The fourth-order valence-corrected chi connectivity index (χ4v) is 3.51. The van der Waals surface area contributed by atoms with Gasteiger partial charge in [-0.1, -0.05) is 41.9 Å². The van der Waals surface area contributed by atoms with Crippen LogP contribution >= 0.6 is 11.6 Å². The molecule has 0 unspecified atom stereocenters. The lowest BCUT2D eigenvalue weighted by molar-refractivity contribution is 0.102. The Morgan fingerprint density at radius 1 is 0.939 bits per heavy atom. The van der Waals surface area contributed by atoms with Gasteiger partial charge in [-0.25, -0.2) is 4.68 Å². The summed E-state index contributed by atoms with van der Waals surface area (Å²) >= 11 is 6.07. The van der Waals surface area contributed by atoms with E-state index in [2.05, 4.69) is 15.5 Å². The lowest BCUT2D eigenvalue weighted by Gasteiger charge is -2.10. The molecule has 5 aromatic rings. The molecule has 0 aliphatic rings. The highest BCUT2D eigenvalue weighted by atomic mass is 35.5. The first kappa shape index (κ1) is 20.7. The monoisotopic (exact) mass is 455 g/mol. The standard InChI is InChI=1S/C25H18ClN5O2/c1-16-28-29-25(33-16)22-15-23(17-7-9-19(26)10-8-17)31(30-22)21-13-11-20(12-14-21)27-24(32)18-5-3-2-4-6-18/h2-15H,1H3,(H,27,32). The molecule has 1 N–H and O–H groups in total. The van der Waals surface area contributed by atoms with Crippen LogP contribution in [0.2, 0.25) is 5.02 Å². The normalized spacial score (nSPS) is 10.8. The van der Waals surface area contributed by atoms with Gasteiger partial charge in [-0.3, -0.25) is 4.79 Å². The van der Waals surface area contributed by atoms with E-state index >= 15 is 0 Å². The Hall–Kier alpha value is -4.23. The molecule has 2 heterocycles. The number of aromatic nitrogens is 4. The zero-order chi connectivity index (χ0) is 22.8. The molecule has 3 aromatic carbocycles. The molecule has 33 heavy (non-hydrogen) atoms. The third-order valence-corrected chi connectivity index (χ3v) is 5.25. The van der Waals surface area contributed by atoms with Gasteiger partial charge in [0.2, 0.25) is 5.89 Å². The number of carbonyl (C=O) groups excluding carboxylic acids is 1. The number of amides is 1. The van der Waals surface area contributed by atoms with Crippen LogP contribution in [-0.2, 0) is 0 Å². The average molecular weight is 456 g/mol. The van der Waals surface area contributed by atoms with E-state index in [0.29, 0.717) is 33.7 Å². The fraction of sp³-hybridized carbons (Fsp3) is 0.0400. The van der Waals surface area contributed by atoms with E-state index in [9.17, 15) is 4.79 Å². The minimum Gasteiger partial charge on any atom is -0.420 e. The molecule has 0 aliphatic heterocycles. The van der Waals surface area contributed by atoms with Crippen molar-refractivity contribution in [1.82, 2.24) is 20.0 Å². The first-order chi connectivity index (χ1) is 16.1. The third-order valence-electron chi connectivity index (χ3n) is 5.00. The summed E-state index contributed by atoms with van der Waals surface area (Å²) in [6.45, 7) is 1.73. The predicted octanol–water partition coefficient (Wildman–Crippen LogP) is 5.80. The second-order valence-electron chi connectivity index (χ2n) is 7.33. The second kappa shape index (κ2) is 8.72. The summed E-state index contributed by atoms with van der Waals surface area (Å²) in [5.41, 5.74) is 4.40. The smallest absolute Gasteiger partial charge is 0.268 e. The molecule has 0 saturated heterocycles. The minimum atomic E-state index is -0.168. The van der Waals surface area contributed by atoms with E-state index < -0.39 is 0 Å². The number of anilines is 1. The lowest BCUT2D eigenvalue weighted by Crippen LogP contribution is -2.11. The number of halogens is 1. The van der Waals surface area contributed by atoms with Gasteiger partial charge in [-0.15, -0.1) is 10.2 Å². The molecule has 0 bridgehead atoms. The van der Waals surface area contributed by atoms with E-state index in [1.54, 1.807) is 23.7 Å². The molecular formula is C25H18ClN5O2. The van der Waals surface area contributed by atoms with E-state index in [1.165, 1.54) is 0 Å². The summed E-state index contributed by atoms with van der Waals surface area (Å²) in [6, 6.07) is 25.9. The quantitative estimate of drug-likeness (QED) is 0.361. The van der Waals surface area contributed by atoms with Crippen molar-refractivity contribution in [1.29, 1.82) is 0 Å². The van der Waals surface area contributed by atoms with Gasteiger partial charge in [-0.05, 0) is 54.6 Å². The van der Waals surface area contributed by atoms with Crippen LogP contribution in [0, 0.1) is 6.92 Å². The van der Waals surface area contributed by atoms with Crippen molar-refractivity contribution in [2.45, 2.75) is 6.92 Å². The number of rotatable bonds is 5. The van der Waals surface area contributed by atoms with E-state index in [-0.39, 0.29) is 5.91 Å². The Balaban J connectivity index is 1.49. The van der Waals surface area contributed by atoms with Crippen LogP contribution < -0.4 is 5.32 Å². The molecule has 0 fully saturated rings. The number of nitrogens with one attached hydrogen (secondary N) is 1. The van der Waals surface area contributed by atoms with Crippen LogP contribution in [-0.4, -0.2) is 25.9 Å². The van der Waals surface area contributed by atoms with Crippen molar-refractivity contribution in [2.75, 3.05) is 5.32 Å². The molecule has 2 aromatic heterocycles. The Morgan fingerprint density at radius 3 is 2.33 bits per heavy atom. The Morgan fingerprint density at radius 2 is 1.67 bits per heavy atom. The van der Waals surface area contributed by atoms with Gasteiger partial charge in [0.1, 0.15) is 0 Å². The summed E-state index contributed by atoms with van der Waals surface area (Å²) in [4.78, 5) is 12.4. The van der Waals surface area contributed by atoms with Crippen LogP contribution in [0.25, 0.3) is 28.5 Å². The molecule has 7 nitrogen and oxygen atoms in total. The van der Waals surface area contributed by atoms with Crippen molar-refractivity contribution in [3.8, 4) is 28.5 Å². The number of aryl methyl sites for hydroxylation is 1. The number of hydrogen-bond acceptors (Lipinski definition) is 5. The van der Waals surface area contributed by atoms with Crippen molar-refractivity contribution < 1.29 is 9.21 Å². The minimum absolute atomic E-state index is 0.168. The maximum absolute atomic E-state index is 12.4. The highest BCUT2D eigenvalue weighted by Gasteiger charge is 2.17. The highest BCUT2D eigenvalue weighted by Crippen LogP contribution is 2.29. The molecule has 5 rings (SSSR count). The number of nitrogens with zero attached hydrogens (tertiary/aromatic N) is 4. The maximum Gasteiger partial charge on any atom is 0.268 e. The summed E-state index contributed by atoms with van der Waals surface area (Å²) < 4.78 is 7.36. The zero-order valence-electron chi connectivity index (χ0n) is 17.6. The number of benzene rings is 3. The summed E-state index contributed by atoms with van der Waals surface area (Å²) in [5, 5.41) is 16.2. The Labute approximate surface area is 194 Å². The molecule has 0 aliphatic carbocycles. The van der Waals surface area contributed by atoms with Gasteiger partial charge < -0.3 is 9.73 Å². The highest BCUT2D eigenvalue weighted by molar-refractivity contribution is 6.30. The van der Waals surface area contributed by atoms with Gasteiger partial charge in [0.25, 0.3) is 11.8 Å². The average Bonchev–Trinajstić information content (AvgIpc) is 3.47. The van der Waals surface area contributed by atoms with Crippen LogP contribution in [0.15, 0.2) is 89.3 Å². The van der Waals surface area contributed by atoms with E-state index in [0.717, 1.165) is 16.9 Å². The first-order valence-corrected chi connectivity index (χ1v) is 10.6. The van der Waals surface area contributed by atoms with Crippen LogP contribution in [0.1, 0.15) is 16.2 Å². The summed E-state index contributed by atoms with van der Waals surface area (Å²) in [7, 11) is 0. The number of carbonyl (C=O) groups is 1. The van der Waals surface area contributed by atoms with E-state index in [1.807, 2.05) is 72.8 Å². The summed E-state index contributed by atoms with van der Waals surface area (Å²) in [5.74, 6) is 0.637. The molecule has 0 atom stereocenters. The lowest BCUT2D eigenvalue weighted by atomic mass is 10.1.